The maximum atomic E-state index is 8.55. The molecule has 0 heterocycles. The predicted octanol–water partition coefficient (Wildman–Crippen LogP) is 1.19. The van der Waals surface area contributed by atoms with E-state index in [4.69, 9.17) is 19.3 Å². The Balaban J connectivity index is 2.26. The molecule has 0 aliphatic rings. The highest BCUT2D eigenvalue weighted by Crippen LogP contribution is 2.27. The maximum absolute atomic E-state index is 8.55. The van der Waals surface area contributed by atoms with Gasteiger partial charge in [0.25, 0.3) is 0 Å². The molecular formula is C14H23NO4. The van der Waals surface area contributed by atoms with E-state index < -0.39 is 0 Å². The first-order chi connectivity index (χ1) is 9.31. The summed E-state index contributed by atoms with van der Waals surface area (Å²) >= 11 is 0. The zero-order valence-electron chi connectivity index (χ0n) is 11.6. The second-order valence-electron chi connectivity index (χ2n) is 4.06. The van der Waals surface area contributed by atoms with Crippen LogP contribution in [0.5, 0.6) is 11.5 Å². The van der Waals surface area contributed by atoms with Gasteiger partial charge in [-0.25, -0.2) is 0 Å². The van der Waals surface area contributed by atoms with Crippen LogP contribution in [0.15, 0.2) is 18.2 Å². The molecule has 0 bridgehead atoms. The van der Waals surface area contributed by atoms with Crippen molar-refractivity contribution in [3.8, 4) is 11.5 Å². The molecule has 0 amide bonds. The van der Waals surface area contributed by atoms with Gasteiger partial charge in [0.05, 0.1) is 27.4 Å². The molecule has 0 unspecified atom stereocenters. The van der Waals surface area contributed by atoms with Crippen molar-refractivity contribution in [1.29, 1.82) is 0 Å². The van der Waals surface area contributed by atoms with E-state index in [1.54, 1.807) is 14.2 Å². The third kappa shape index (κ3) is 5.92. The van der Waals surface area contributed by atoms with Gasteiger partial charge in [-0.15, -0.1) is 0 Å². The predicted molar refractivity (Wildman–Crippen MR) is 73.8 cm³/mol. The fraction of sp³-hybridized carbons (Fsp3) is 0.571. The molecule has 0 saturated heterocycles. The minimum atomic E-state index is 0.0824. The number of rotatable bonds is 10. The van der Waals surface area contributed by atoms with E-state index in [0.29, 0.717) is 13.2 Å². The second-order valence-corrected chi connectivity index (χ2v) is 4.06. The molecule has 0 spiro atoms. The zero-order chi connectivity index (χ0) is 13.9. The smallest absolute Gasteiger partial charge is 0.161 e. The van der Waals surface area contributed by atoms with Crippen LogP contribution in [0.3, 0.4) is 0 Å². The van der Waals surface area contributed by atoms with E-state index in [9.17, 15) is 0 Å². The molecule has 0 radical (unpaired) electrons. The van der Waals surface area contributed by atoms with Crippen LogP contribution in [0.4, 0.5) is 0 Å². The molecule has 0 atom stereocenters. The van der Waals surface area contributed by atoms with Gasteiger partial charge in [0.2, 0.25) is 0 Å². The topological polar surface area (TPSA) is 60.0 Å². The molecule has 19 heavy (non-hydrogen) atoms. The molecule has 5 heteroatoms. The number of methoxy groups -OCH3 is 2. The average molecular weight is 269 g/mol. The summed E-state index contributed by atoms with van der Waals surface area (Å²) in [6.45, 7) is 2.81. The fourth-order valence-corrected chi connectivity index (χ4v) is 1.69. The Morgan fingerprint density at radius 3 is 2.58 bits per heavy atom. The third-order valence-electron chi connectivity index (χ3n) is 2.65. The first-order valence-corrected chi connectivity index (χ1v) is 6.42. The van der Waals surface area contributed by atoms with Gasteiger partial charge in [-0.05, 0) is 30.7 Å². The van der Waals surface area contributed by atoms with E-state index in [2.05, 4.69) is 5.32 Å². The van der Waals surface area contributed by atoms with E-state index in [1.165, 1.54) is 0 Å². The summed E-state index contributed by atoms with van der Waals surface area (Å²) in [5, 5.41) is 11.9. The van der Waals surface area contributed by atoms with Gasteiger partial charge in [0, 0.05) is 13.2 Å². The molecule has 0 aliphatic carbocycles. The van der Waals surface area contributed by atoms with Gasteiger partial charge < -0.3 is 24.6 Å². The molecule has 0 saturated carbocycles. The molecule has 108 valence electrons. The molecule has 1 aromatic carbocycles. The first-order valence-electron chi connectivity index (χ1n) is 6.42. The summed E-state index contributed by atoms with van der Waals surface area (Å²) in [5.74, 6) is 1.48. The van der Waals surface area contributed by atoms with Crippen LogP contribution < -0.4 is 14.8 Å². The molecule has 0 fully saturated rings. The molecular weight excluding hydrogens is 246 g/mol. The van der Waals surface area contributed by atoms with Crippen molar-refractivity contribution in [2.24, 2.45) is 0 Å². The van der Waals surface area contributed by atoms with Gasteiger partial charge >= 0.3 is 0 Å². The van der Waals surface area contributed by atoms with Crippen LogP contribution in [-0.2, 0) is 11.3 Å². The van der Waals surface area contributed by atoms with Crippen molar-refractivity contribution in [3.05, 3.63) is 23.8 Å². The van der Waals surface area contributed by atoms with Crippen LogP contribution in [0.2, 0.25) is 0 Å². The molecule has 0 aromatic heterocycles. The summed E-state index contributed by atoms with van der Waals surface area (Å²) in [7, 11) is 3.26. The Morgan fingerprint density at radius 2 is 1.89 bits per heavy atom. The summed E-state index contributed by atoms with van der Waals surface area (Å²) < 4.78 is 15.6. The van der Waals surface area contributed by atoms with Gasteiger partial charge in [-0.2, -0.15) is 0 Å². The maximum Gasteiger partial charge on any atom is 0.161 e. The fourth-order valence-electron chi connectivity index (χ4n) is 1.69. The number of benzene rings is 1. The molecule has 5 nitrogen and oxygen atoms in total. The highest BCUT2D eigenvalue weighted by Gasteiger charge is 2.03. The van der Waals surface area contributed by atoms with Crippen molar-refractivity contribution >= 4 is 0 Å². The number of nitrogens with one attached hydrogen (secondary N) is 1. The quantitative estimate of drug-likeness (QED) is 0.625. The van der Waals surface area contributed by atoms with Crippen LogP contribution in [0.1, 0.15) is 12.0 Å². The SMILES string of the molecule is COc1ccc(CNCCCOCCO)cc1OC. The Bertz CT molecular complexity index is 357. The lowest BCUT2D eigenvalue weighted by atomic mass is 10.2. The number of aliphatic hydroxyl groups is 1. The number of aliphatic hydroxyl groups excluding tert-OH is 1. The highest BCUT2D eigenvalue weighted by atomic mass is 16.5. The molecule has 1 aromatic rings. The van der Waals surface area contributed by atoms with Crippen molar-refractivity contribution in [2.75, 3.05) is 40.6 Å². The third-order valence-corrected chi connectivity index (χ3v) is 2.65. The van der Waals surface area contributed by atoms with E-state index in [0.717, 1.165) is 36.6 Å². The van der Waals surface area contributed by atoms with Crippen LogP contribution >= 0.6 is 0 Å². The highest BCUT2D eigenvalue weighted by molar-refractivity contribution is 5.42. The number of hydrogen-bond acceptors (Lipinski definition) is 5. The lowest BCUT2D eigenvalue weighted by Crippen LogP contribution is -2.16. The monoisotopic (exact) mass is 269 g/mol. The van der Waals surface area contributed by atoms with E-state index in [-0.39, 0.29) is 6.61 Å². The van der Waals surface area contributed by atoms with E-state index in [1.807, 2.05) is 18.2 Å². The second kappa shape index (κ2) is 9.61. The number of ether oxygens (including phenoxy) is 3. The van der Waals surface area contributed by atoms with Gasteiger partial charge in [0.1, 0.15) is 0 Å². The zero-order valence-corrected chi connectivity index (χ0v) is 11.6. The number of hydrogen-bond donors (Lipinski definition) is 2. The minimum absolute atomic E-state index is 0.0824. The Morgan fingerprint density at radius 1 is 1.11 bits per heavy atom. The molecule has 0 aliphatic heterocycles. The Hall–Kier alpha value is -1.30. The normalized spacial score (nSPS) is 10.5. The summed E-state index contributed by atoms with van der Waals surface area (Å²) in [6, 6.07) is 5.88. The van der Waals surface area contributed by atoms with Crippen molar-refractivity contribution in [2.45, 2.75) is 13.0 Å². The summed E-state index contributed by atoms with van der Waals surface area (Å²) in [4.78, 5) is 0. The van der Waals surface area contributed by atoms with Crippen LogP contribution in [-0.4, -0.2) is 45.7 Å². The standard InChI is InChI=1S/C14H23NO4/c1-17-13-5-4-12(10-14(13)18-2)11-15-6-3-8-19-9-7-16/h4-5,10,15-16H,3,6-9,11H2,1-2H3. The van der Waals surface area contributed by atoms with Gasteiger partial charge in [0.15, 0.2) is 11.5 Å². The lowest BCUT2D eigenvalue weighted by Gasteiger charge is -2.10. The van der Waals surface area contributed by atoms with Gasteiger partial charge in [-0.3, -0.25) is 0 Å². The summed E-state index contributed by atoms with van der Waals surface area (Å²) in [6.07, 6.45) is 0.924. The van der Waals surface area contributed by atoms with Crippen molar-refractivity contribution in [1.82, 2.24) is 5.32 Å². The van der Waals surface area contributed by atoms with Gasteiger partial charge in [-0.1, -0.05) is 6.07 Å². The Kier molecular flexibility index (Phi) is 7.97. The first kappa shape index (κ1) is 15.8. The molecule has 1 rings (SSSR count). The summed E-state index contributed by atoms with van der Waals surface area (Å²) in [5.41, 5.74) is 1.15. The van der Waals surface area contributed by atoms with Crippen molar-refractivity contribution < 1.29 is 19.3 Å². The lowest BCUT2D eigenvalue weighted by molar-refractivity contribution is 0.0907. The molecule has 2 N–H and O–H groups in total. The Labute approximate surface area is 114 Å². The van der Waals surface area contributed by atoms with Crippen molar-refractivity contribution in [3.63, 3.8) is 0 Å². The average Bonchev–Trinajstić information content (AvgIpc) is 2.46. The van der Waals surface area contributed by atoms with Crippen LogP contribution in [0.25, 0.3) is 0 Å². The largest absolute Gasteiger partial charge is 0.493 e. The van der Waals surface area contributed by atoms with Crippen LogP contribution in [0, 0.1) is 0 Å². The van der Waals surface area contributed by atoms with E-state index >= 15 is 0 Å². The minimum Gasteiger partial charge on any atom is -0.493 e.